The van der Waals surface area contributed by atoms with Gasteiger partial charge in [0, 0.05) is 43.5 Å². The summed E-state index contributed by atoms with van der Waals surface area (Å²) < 4.78 is 5.37. The third-order valence-electron chi connectivity index (χ3n) is 2.76. The van der Waals surface area contributed by atoms with Gasteiger partial charge in [-0.15, -0.1) is 0 Å². The average molecular weight is 430 g/mol. The smallest absolute Gasteiger partial charge is 0.328 e. The summed E-state index contributed by atoms with van der Waals surface area (Å²) in [4.78, 5) is 40.3. The van der Waals surface area contributed by atoms with Crippen LogP contribution >= 0.6 is 0 Å². The molecule has 12 nitrogen and oxygen atoms in total. The van der Waals surface area contributed by atoms with E-state index in [9.17, 15) is 19.2 Å². The lowest BCUT2D eigenvalue weighted by Gasteiger charge is -2.09. The zero-order chi connectivity index (χ0) is 23.7. The summed E-state index contributed by atoms with van der Waals surface area (Å²) in [6.07, 6.45) is 2.23. The van der Waals surface area contributed by atoms with E-state index in [4.69, 9.17) is 29.9 Å². The number of hydrogen-bond donors (Lipinski definition) is 6. The van der Waals surface area contributed by atoms with E-state index in [1.54, 1.807) is 0 Å². The molecule has 0 aliphatic heterocycles. The summed E-state index contributed by atoms with van der Waals surface area (Å²) >= 11 is 0. The second kappa shape index (κ2) is 16.3. The first-order valence-corrected chi connectivity index (χ1v) is 8.25. The van der Waals surface area contributed by atoms with Gasteiger partial charge in [0.05, 0.1) is 0 Å². The number of aliphatic hydroxyl groups excluding tert-OH is 1. The Labute approximate surface area is 172 Å². The molecule has 0 radical (unpaired) electrons. The van der Waals surface area contributed by atoms with Crippen LogP contribution in [-0.2, 0) is 25.8 Å². The van der Waals surface area contributed by atoms with Crippen molar-refractivity contribution >= 4 is 29.8 Å². The van der Waals surface area contributed by atoms with Crippen molar-refractivity contribution in [3.63, 3.8) is 0 Å². The Hall–Kier alpha value is -3.64. The monoisotopic (exact) mass is 430 g/mol. The summed E-state index contributed by atoms with van der Waals surface area (Å²) in [7, 11) is 4.04. The molecular formula is C18H26N2O10. The van der Waals surface area contributed by atoms with Crippen LogP contribution in [0.2, 0.25) is 0 Å². The zero-order valence-electron chi connectivity index (χ0n) is 16.7. The minimum absolute atomic E-state index is 0.0405. The van der Waals surface area contributed by atoms with Crippen molar-refractivity contribution in [2.45, 2.75) is 13.5 Å². The molecule has 0 amide bonds. The van der Waals surface area contributed by atoms with E-state index in [2.05, 4.69) is 10.2 Å². The number of anilines is 1. The highest BCUT2D eigenvalue weighted by atomic mass is 16.4. The van der Waals surface area contributed by atoms with E-state index in [-0.39, 0.29) is 6.61 Å². The molecule has 1 aromatic heterocycles. The largest absolute Gasteiger partial charge is 0.478 e. The lowest BCUT2D eigenvalue weighted by Crippen LogP contribution is -2.20. The van der Waals surface area contributed by atoms with E-state index in [1.165, 1.54) is 0 Å². The van der Waals surface area contributed by atoms with E-state index >= 15 is 0 Å². The van der Waals surface area contributed by atoms with Crippen LogP contribution in [0.4, 0.5) is 5.88 Å². The maximum atomic E-state index is 9.55. The number of aryl methyl sites for hydroxylation is 1. The Balaban J connectivity index is 0. The standard InChI is InChI=1S/C10H18N2O2.2C4H4O4/c1-8-6-10(14-9(8)7-13)11-4-5-12(2)3;2*5-3(6)1-2-4(7)8/h6,11,13H,4-5,7H2,1-3H3;2*1-2H,(H,5,6)(H,7,8)/b;2*2-1-. The quantitative estimate of drug-likeness (QED) is 0.297. The van der Waals surface area contributed by atoms with Crippen LogP contribution in [-0.4, -0.2) is 81.5 Å². The van der Waals surface area contributed by atoms with Gasteiger partial charge in [-0.25, -0.2) is 19.2 Å². The number of hydrogen-bond acceptors (Lipinski definition) is 8. The van der Waals surface area contributed by atoms with Crippen LogP contribution < -0.4 is 5.32 Å². The molecule has 0 spiro atoms. The number of aliphatic carboxylic acids is 4. The first kappa shape index (κ1) is 28.6. The van der Waals surface area contributed by atoms with Gasteiger partial charge in [0.2, 0.25) is 0 Å². The average Bonchev–Trinajstić information content (AvgIpc) is 2.98. The van der Waals surface area contributed by atoms with Crippen LogP contribution in [0.5, 0.6) is 0 Å². The Morgan fingerprint density at radius 1 is 0.933 bits per heavy atom. The van der Waals surface area contributed by atoms with Gasteiger partial charge in [0.1, 0.15) is 12.4 Å². The van der Waals surface area contributed by atoms with Gasteiger partial charge in [-0.05, 0) is 26.6 Å². The first-order chi connectivity index (χ1) is 13.9. The number of nitrogens with one attached hydrogen (secondary N) is 1. The van der Waals surface area contributed by atoms with Crippen LogP contribution in [0.3, 0.4) is 0 Å². The number of rotatable bonds is 9. The summed E-state index contributed by atoms with van der Waals surface area (Å²) in [6.45, 7) is 3.67. The van der Waals surface area contributed by atoms with Gasteiger partial charge in [-0.1, -0.05) is 0 Å². The number of carboxylic acid groups (broad SMARTS) is 4. The second-order valence-corrected chi connectivity index (χ2v) is 5.62. The number of aliphatic hydroxyl groups is 1. The predicted octanol–water partition coefficient (Wildman–Crippen LogP) is 0.477. The molecule has 0 saturated heterocycles. The third kappa shape index (κ3) is 19.1. The molecule has 6 N–H and O–H groups in total. The van der Waals surface area contributed by atoms with Gasteiger partial charge in [0.25, 0.3) is 0 Å². The van der Waals surface area contributed by atoms with Crippen LogP contribution in [0.1, 0.15) is 11.3 Å². The van der Waals surface area contributed by atoms with Gasteiger partial charge in [-0.3, -0.25) is 0 Å². The SMILES string of the molecule is Cc1cc(NCCN(C)C)oc1CO.O=C(O)/C=C\C(=O)O.O=C(O)/C=C\C(=O)O. The highest BCUT2D eigenvalue weighted by Crippen LogP contribution is 2.18. The molecule has 0 aliphatic carbocycles. The maximum Gasteiger partial charge on any atom is 0.328 e. The molecule has 0 atom stereocenters. The highest BCUT2D eigenvalue weighted by Gasteiger charge is 2.05. The number of carboxylic acids is 4. The second-order valence-electron chi connectivity index (χ2n) is 5.62. The van der Waals surface area contributed by atoms with Gasteiger partial charge in [0.15, 0.2) is 5.88 Å². The predicted molar refractivity (Wildman–Crippen MR) is 105 cm³/mol. The van der Waals surface area contributed by atoms with E-state index < -0.39 is 23.9 Å². The van der Waals surface area contributed by atoms with Crippen molar-refractivity contribution in [3.8, 4) is 0 Å². The van der Waals surface area contributed by atoms with Crippen LogP contribution in [0, 0.1) is 6.92 Å². The molecule has 0 fully saturated rings. The molecule has 168 valence electrons. The molecule has 0 unspecified atom stereocenters. The van der Waals surface area contributed by atoms with Crippen molar-refractivity contribution in [3.05, 3.63) is 41.7 Å². The fourth-order valence-electron chi connectivity index (χ4n) is 1.45. The normalized spacial score (nSPS) is 10.2. The van der Waals surface area contributed by atoms with Gasteiger partial charge in [-0.2, -0.15) is 0 Å². The molecule has 1 rings (SSSR count). The maximum absolute atomic E-state index is 9.55. The van der Waals surface area contributed by atoms with E-state index in [0.29, 0.717) is 30.1 Å². The van der Waals surface area contributed by atoms with Crippen LogP contribution in [0.15, 0.2) is 34.8 Å². The topological polar surface area (TPSA) is 198 Å². The Bertz CT molecular complexity index is 684. The number of likely N-dealkylation sites (N-methyl/N-ethyl adjacent to an activating group) is 1. The van der Waals surface area contributed by atoms with Crippen LogP contribution in [0.25, 0.3) is 0 Å². The Morgan fingerprint density at radius 2 is 1.33 bits per heavy atom. The molecule has 1 aromatic rings. The highest BCUT2D eigenvalue weighted by molar-refractivity contribution is 5.90. The minimum Gasteiger partial charge on any atom is -0.478 e. The fraction of sp³-hybridized carbons (Fsp3) is 0.333. The molecule has 0 aromatic carbocycles. The van der Waals surface area contributed by atoms with Crippen molar-refractivity contribution in [2.24, 2.45) is 0 Å². The summed E-state index contributed by atoms with van der Waals surface area (Å²) in [5, 5.41) is 43.3. The van der Waals surface area contributed by atoms with E-state index in [0.717, 1.165) is 24.5 Å². The molecule has 0 bridgehead atoms. The summed E-state index contributed by atoms with van der Waals surface area (Å²) in [5.74, 6) is -3.66. The molecule has 0 saturated carbocycles. The van der Waals surface area contributed by atoms with Gasteiger partial charge >= 0.3 is 23.9 Å². The Morgan fingerprint density at radius 3 is 1.60 bits per heavy atom. The number of furan rings is 1. The number of carbonyl (C=O) groups is 4. The van der Waals surface area contributed by atoms with Gasteiger partial charge < -0.3 is 40.2 Å². The lowest BCUT2D eigenvalue weighted by molar-refractivity contribution is -0.134. The fourth-order valence-corrected chi connectivity index (χ4v) is 1.45. The first-order valence-electron chi connectivity index (χ1n) is 8.25. The van der Waals surface area contributed by atoms with Crippen molar-refractivity contribution in [2.75, 3.05) is 32.5 Å². The molecule has 1 heterocycles. The molecular weight excluding hydrogens is 404 g/mol. The summed E-state index contributed by atoms with van der Waals surface area (Å²) in [6, 6.07) is 1.90. The molecule has 30 heavy (non-hydrogen) atoms. The number of nitrogens with zero attached hydrogens (tertiary/aromatic N) is 1. The van der Waals surface area contributed by atoms with E-state index in [1.807, 2.05) is 27.1 Å². The van der Waals surface area contributed by atoms with Crippen molar-refractivity contribution in [1.29, 1.82) is 0 Å². The lowest BCUT2D eigenvalue weighted by atomic mass is 10.3. The summed E-state index contributed by atoms with van der Waals surface area (Å²) in [5.41, 5.74) is 0.986. The zero-order valence-corrected chi connectivity index (χ0v) is 16.7. The van der Waals surface area contributed by atoms with Crippen molar-refractivity contribution < 1.29 is 49.1 Å². The van der Waals surface area contributed by atoms with Crippen molar-refractivity contribution in [1.82, 2.24) is 4.90 Å². The minimum atomic E-state index is -1.26. The Kier molecular flexibility index (Phi) is 15.5. The third-order valence-corrected chi connectivity index (χ3v) is 2.76. The molecule has 12 heteroatoms. The molecule has 0 aliphatic rings.